The van der Waals surface area contributed by atoms with Crippen LogP contribution in [0, 0.1) is 12.8 Å². The van der Waals surface area contributed by atoms with Crippen molar-refractivity contribution >= 4 is 33.4 Å². The van der Waals surface area contributed by atoms with Crippen LogP contribution in [0.4, 0.5) is 5.69 Å². The summed E-state index contributed by atoms with van der Waals surface area (Å²) in [4.78, 5) is 25.8. The summed E-state index contributed by atoms with van der Waals surface area (Å²) in [6.07, 6.45) is 0.305. The second kappa shape index (κ2) is 5.95. The van der Waals surface area contributed by atoms with Crippen LogP contribution >= 0.6 is 15.9 Å². The Labute approximate surface area is 127 Å². The van der Waals surface area contributed by atoms with Crippen LogP contribution in [-0.2, 0) is 9.59 Å². The molecule has 0 saturated carbocycles. The van der Waals surface area contributed by atoms with E-state index in [0.29, 0.717) is 13.0 Å². The molecular formula is C15H19BrN2O2. The van der Waals surface area contributed by atoms with Crippen LogP contribution in [0.1, 0.15) is 25.8 Å². The van der Waals surface area contributed by atoms with E-state index in [1.54, 1.807) is 4.90 Å². The van der Waals surface area contributed by atoms with E-state index in [4.69, 9.17) is 0 Å². The molecule has 1 aromatic rings. The average molecular weight is 339 g/mol. The monoisotopic (exact) mass is 338 g/mol. The molecule has 108 valence electrons. The first kappa shape index (κ1) is 15.0. The van der Waals surface area contributed by atoms with Gasteiger partial charge in [-0.15, -0.1) is 0 Å². The normalized spacial score (nSPS) is 18.8. The first-order valence-corrected chi connectivity index (χ1v) is 7.54. The zero-order chi connectivity index (χ0) is 14.9. The molecular weight excluding hydrogens is 320 g/mol. The minimum atomic E-state index is -0.256. The van der Waals surface area contributed by atoms with Gasteiger partial charge in [-0.25, -0.2) is 0 Å². The van der Waals surface area contributed by atoms with Gasteiger partial charge in [0.05, 0.1) is 5.92 Å². The van der Waals surface area contributed by atoms with Crippen LogP contribution in [0.3, 0.4) is 0 Å². The van der Waals surface area contributed by atoms with Gasteiger partial charge in [0.2, 0.25) is 11.8 Å². The Morgan fingerprint density at radius 3 is 2.70 bits per heavy atom. The lowest BCUT2D eigenvalue weighted by Crippen LogP contribution is -2.33. The lowest BCUT2D eigenvalue weighted by Gasteiger charge is -2.20. The first-order valence-electron chi connectivity index (χ1n) is 6.75. The third kappa shape index (κ3) is 3.20. The number of aryl methyl sites for hydroxylation is 1. The van der Waals surface area contributed by atoms with Crippen molar-refractivity contribution in [2.75, 3.05) is 11.9 Å². The Bertz CT molecular complexity index is 543. The minimum absolute atomic E-state index is 0.0622. The molecule has 0 aliphatic carbocycles. The van der Waals surface area contributed by atoms with Gasteiger partial charge in [0, 0.05) is 29.2 Å². The van der Waals surface area contributed by atoms with E-state index in [-0.39, 0.29) is 23.8 Å². The summed E-state index contributed by atoms with van der Waals surface area (Å²) in [6, 6.07) is 5.83. The summed E-state index contributed by atoms with van der Waals surface area (Å²) in [6.45, 7) is 6.42. The third-order valence-electron chi connectivity index (χ3n) is 3.58. The Hall–Kier alpha value is -1.36. The minimum Gasteiger partial charge on any atom is -0.339 e. The molecule has 1 heterocycles. The quantitative estimate of drug-likeness (QED) is 0.921. The van der Waals surface area contributed by atoms with Gasteiger partial charge in [-0.3, -0.25) is 9.59 Å². The smallest absolute Gasteiger partial charge is 0.229 e. The predicted molar refractivity (Wildman–Crippen MR) is 82.5 cm³/mol. The van der Waals surface area contributed by atoms with Crippen LogP contribution in [0.5, 0.6) is 0 Å². The number of hydrogen-bond donors (Lipinski definition) is 1. The first-order chi connectivity index (χ1) is 9.38. The lowest BCUT2D eigenvalue weighted by molar-refractivity contribution is -0.129. The third-order valence-corrected chi connectivity index (χ3v) is 4.47. The molecule has 20 heavy (non-hydrogen) atoms. The number of likely N-dealkylation sites (tertiary alicyclic amines) is 1. The number of carbonyl (C=O) groups is 2. The number of nitrogens with zero attached hydrogens (tertiary/aromatic N) is 1. The van der Waals surface area contributed by atoms with Crippen molar-refractivity contribution in [1.82, 2.24) is 4.90 Å². The van der Waals surface area contributed by atoms with Crippen molar-refractivity contribution in [3.8, 4) is 0 Å². The maximum Gasteiger partial charge on any atom is 0.229 e. The summed E-state index contributed by atoms with van der Waals surface area (Å²) in [7, 11) is 0. The molecule has 1 aliphatic heterocycles. The number of rotatable bonds is 3. The van der Waals surface area contributed by atoms with Crippen LogP contribution in [0.25, 0.3) is 0 Å². The van der Waals surface area contributed by atoms with E-state index in [2.05, 4.69) is 21.2 Å². The van der Waals surface area contributed by atoms with E-state index in [0.717, 1.165) is 15.7 Å². The molecule has 2 amide bonds. The van der Waals surface area contributed by atoms with Gasteiger partial charge in [-0.05, 0) is 44.5 Å². The number of amides is 2. The number of benzene rings is 1. The van der Waals surface area contributed by atoms with E-state index in [1.807, 2.05) is 39.0 Å². The number of hydrogen-bond acceptors (Lipinski definition) is 2. The second-order valence-electron chi connectivity index (χ2n) is 5.49. The van der Waals surface area contributed by atoms with Crippen molar-refractivity contribution < 1.29 is 9.59 Å². The molecule has 4 nitrogen and oxygen atoms in total. The van der Waals surface area contributed by atoms with Gasteiger partial charge in [0.1, 0.15) is 0 Å². The van der Waals surface area contributed by atoms with Crippen LogP contribution in [0.2, 0.25) is 0 Å². The fourth-order valence-electron chi connectivity index (χ4n) is 2.37. The molecule has 2 rings (SSSR count). The Balaban J connectivity index is 2.02. The molecule has 1 aliphatic rings. The van der Waals surface area contributed by atoms with E-state index in [1.165, 1.54) is 0 Å². The fraction of sp³-hybridized carbons (Fsp3) is 0.467. The Morgan fingerprint density at radius 1 is 1.45 bits per heavy atom. The van der Waals surface area contributed by atoms with Gasteiger partial charge in [0.15, 0.2) is 0 Å². The standard InChI is InChI=1S/C15H19BrN2O2/c1-9(2)18-8-11(7-14(18)19)15(20)17-12-4-5-13(16)10(3)6-12/h4-6,9,11H,7-8H2,1-3H3,(H,17,20)/t11-/m0/s1. The van der Waals surface area contributed by atoms with Crippen molar-refractivity contribution in [2.24, 2.45) is 5.92 Å². The Kier molecular flexibility index (Phi) is 4.48. The van der Waals surface area contributed by atoms with E-state index in [9.17, 15) is 9.59 Å². The molecule has 1 saturated heterocycles. The average Bonchev–Trinajstić information content (AvgIpc) is 2.76. The second-order valence-corrected chi connectivity index (χ2v) is 6.35. The van der Waals surface area contributed by atoms with Crippen LogP contribution in [-0.4, -0.2) is 29.3 Å². The van der Waals surface area contributed by atoms with Crippen LogP contribution < -0.4 is 5.32 Å². The molecule has 1 N–H and O–H groups in total. The van der Waals surface area contributed by atoms with Crippen molar-refractivity contribution in [1.29, 1.82) is 0 Å². The van der Waals surface area contributed by atoms with Gasteiger partial charge >= 0.3 is 0 Å². The molecule has 0 aromatic heterocycles. The van der Waals surface area contributed by atoms with Gasteiger partial charge in [0.25, 0.3) is 0 Å². The molecule has 1 atom stereocenters. The highest BCUT2D eigenvalue weighted by Gasteiger charge is 2.35. The van der Waals surface area contributed by atoms with Crippen LogP contribution in [0.15, 0.2) is 22.7 Å². The topological polar surface area (TPSA) is 49.4 Å². The molecule has 0 spiro atoms. The summed E-state index contributed by atoms with van der Waals surface area (Å²) in [5.41, 5.74) is 1.83. The van der Waals surface area contributed by atoms with E-state index < -0.39 is 0 Å². The largest absolute Gasteiger partial charge is 0.339 e. The highest BCUT2D eigenvalue weighted by molar-refractivity contribution is 9.10. The van der Waals surface area contributed by atoms with Crippen molar-refractivity contribution in [3.05, 3.63) is 28.2 Å². The molecule has 0 radical (unpaired) electrons. The number of halogens is 1. The number of anilines is 1. The Morgan fingerprint density at radius 2 is 2.15 bits per heavy atom. The molecule has 5 heteroatoms. The molecule has 0 bridgehead atoms. The fourth-order valence-corrected chi connectivity index (χ4v) is 2.62. The van der Waals surface area contributed by atoms with Crippen molar-refractivity contribution in [2.45, 2.75) is 33.2 Å². The predicted octanol–water partition coefficient (Wildman–Crippen LogP) is 2.95. The molecule has 0 unspecified atom stereocenters. The number of carbonyl (C=O) groups excluding carboxylic acids is 2. The molecule has 1 aromatic carbocycles. The summed E-state index contributed by atoms with van der Waals surface area (Å²) in [5.74, 6) is -0.274. The van der Waals surface area contributed by atoms with Gasteiger partial charge < -0.3 is 10.2 Å². The lowest BCUT2D eigenvalue weighted by atomic mass is 10.1. The maximum atomic E-state index is 12.2. The summed E-state index contributed by atoms with van der Waals surface area (Å²) in [5, 5.41) is 2.89. The summed E-state index contributed by atoms with van der Waals surface area (Å²) < 4.78 is 1.01. The highest BCUT2D eigenvalue weighted by Crippen LogP contribution is 2.24. The van der Waals surface area contributed by atoms with Gasteiger partial charge in [-0.1, -0.05) is 15.9 Å². The van der Waals surface area contributed by atoms with Crippen molar-refractivity contribution in [3.63, 3.8) is 0 Å². The maximum absolute atomic E-state index is 12.2. The molecule has 1 fully saturated rings. The number of nitrogens with one attached hydrogen (secondary N) is 1. The zero-order valence-corrected chi connectivity index (χ0v) is 13.5. The zero-order valence-electron chi connectivity index (χ0n) is 11.9. The van der Waals surface area contributed by atoms with E-state index >= 15 is 0 Å². The van der Waals surface area contributed by atoms with Gasteiger partial charge in [-0.2, -0.15) is 0 Å². The summed E-state index contributed by atoms with van der Waals surface area (Å²) >= 11 is 3.43. The SMILES string of the molecule is Cc1cc(NC(=O)[C@H]2CC(=O)N(C(C)C)C2)ccc1Br. The highest BCUT2D eigenvalue weighted by atomic mass is 79.9.